The number of hydrogen-bond acceptors (Lipinski definition) is 4. The zero-order valence-corrected chi connectivity index (χ0v) is 19.8. The van der Waals surface area contributed by atoms with Crippen LogP contribution < -0.4 is 4.74 Å². The number of para-hydroxylation sites is 1. The number of hydrogen-bond donors (Lipinski definition) is 0. The summed E-state index contributed by atoms with van der Waals surface area (Å²) < 4.78 is 49.4. The van der Waals surface area contributed by atoms with Gasteiger partial charge in [0.15, 0.2) is 15.9 Å². The van der Waals surface area contributed by atoms with Gasteiger partial charge in [-0.2, -0.15) is 14.0 Å². The first-order valence-corrected chi connectivity index (χ1v) is 11.0. The molecule has 0 heterocycles. The summed E-state index contributed by atoms with van der Waals surface area (Å²) in [5.74, 6) is -2.70. The summed E-state index contributed by atoms with van der Waals surface area (Å²) in [6.07, 6.45) is -1.83. The Labute approximate surface area is 204 Å². The van der Waals surface area contributed by atoms with Crippen LogP contribution in [0.3, 0.4) is 0 Å². The Morgan fingerprint density at radius 3 is 2.39 bits per heavy atom. The molecule has 3 unspecified atom stereocenters. The lowest BCUT2D eigenvalue weighted by Crippen LogP contribution is -2.34. The number of nitrogens with zero attached hydrogens (tertiary/aromatic N) is 1. The molecule has 0 spiro atoms. The van der Waals surface area contributed by atoms with E-state index in [1.165, 1.54) is 12.1 Å². The second-order valence-corrected chi connectivity index (χ2v) is 10.3. The van der Waals surface area contributed by atoms with Crippen LogP contribution in [0, 0.1) is 34.4 Å². The van der Waals surface area contributed by atoms with Crippen molar-refractivity contribution >= 4 is 40.8 Å². The summed E-state index contributed by atoms with van der Waals surface area (Å²) in [4.78, 5) is 12.8. The van der Waals surface area contributed by atoms with E-state index in [1.807, 2.05) is 6.07 Å². The third kappa shape index (κ3) is 5.51. The standard InChI is InChI=1S/C23H19Cl3F3NO3/c1-21(2)15(11-22(24,25)23(26,28)29)19(21)20(31)33-18(12-30)13-8-9-16(27)17(10-13)32-14-6-4-3-5-7-14/h3-10,15,18-19H,11H2,1-2H3. The van der Waals surface area contributed by atoms with Crippen molar-refractivity contribution < 1.29 is 27.4 Å². The van der Waals surface area contributed by atoms with Gasteiger partial charge in [0.2, 0.25) is 6.10 Å². The molecule has 176 valence electrons. The second-order valence-electron chi connectivity index (χ2n) is 8.36. The first-order chi connectivity index (χ1) is 15.3. The molecule has 1 aliphatic carbocycles. The fourth-order valence-corrected chi connectivity index (χ4v) is 4.13. The van der Waals surface area contributed by atoms with Gasteiger partial charge in [0.25, 0.3) is 0 Å². The van der Waals surface area contributed by atoms with Crippen molar-refractivity contribution in [2.24, 2.45) is 17.3 Å². The van der Waals surface area contributed by atoms with Crippen LogP contribution in [-0.2, 0) is 9.53 Å². The number of alkyl halides is 5. The maximum atomic E-state index is 14.2. The first kappa shape index (κ1) is 25.5. The first-order valence-electron chi connectivity index (χ1n) is 9.85. The lowest BCUT2D eigenvalue weighted by Gasteiger charge is -2.24. The monoisotopic (exact) mass is 519 g/mol. The maximum Gasteiger partial charge on any atom is 0.354 e. The quantitative estimate of drug-likeness (QED) is 0.269. The van der Waals surface area contributed by atoms with Crippen molar-refractivity contribution in [1.82, 2.24) is 0 Å². The fourth-order valence-electron chi connectivity index (χ4n) is 3.72. The highest BCUT2D eigenvalue weighted by molar-refractivity contribution is 6.52. The smallest absolute Gasteiger partial charge is 0.354 e. The SMILES string of the molecule is CC1(C)C(CC(Cl)(Cl)C(F)(F)Cl)C1C(=O)OC(C#N)c1ccc(F)c(Oc2ccccc2)c1. The molecule has 0 aromatic heterocycles. The molecule has 3 rings (SSSR count). The Hall–Kier alpha value is -2.14. The number of nitriles is 1. The highest BCUT2D eigenvalue weighted by Gasteiger charge is 2.67. The summed E-state index contributed by atoms with van der Waals surface area (Å²) in [7, 11) is 0. The Morgan fingerprint density at radius 2 is 1.82 bits per heavy atom. The molecule has 10 heteroatoms. The third-order valence-corrected chi connectivity index (χ3v) is 7.08. The average molecular weight is 521 g/mol. The number of benzene rings is 2. The van der Waals surface area contributed by atoms with Gasteiger partial charge in [0.05, 0.1) is 5.92 Å². The largest absolute Gasteiger partial charge is 0.454 e. The van der Waals surface area contributed by atoms with Crippen molar-refractivity contribution in [3.63, 3.8) is 0 Å². The lowest BCUT2D eigenvalue weighted by molar-refractivity contribution is -0.149. The highest BCUT2D eigenvalue weighted by Crippen LogP contribution is 2.64. The van der Waals surface area contributed by atoms with E-state index < -0.39 is 51.3 Å². The molecule has 2 aromatic rings. The molecule has 0 N–H and O–H groups in total. The summed E-state index contributed by atoms with van der Waals surface area (Å²) in [6.45, 7) is 3.34. The molecule has 0 saturated heterocycles. The van der Waals surface area contributed by atoms with Gasteiger partial charge in [-0.1, -0.05) is 61.3 Å². The summed E-state index contributed by atoms with van der Waals surface area (Å²) in [5, 5.41) is 5.65. The van der Waals surface area contributed by atoms with Gasteiger partial charge < -0.3 is 9.47 Å². The molecule has 1 fully saturated rings. The van der Waals surface area contributed by atoms with Gasteiger partial charge in [-0.25, -0.2) is 4.39 Å². The number of halogens is 6. The highest BCUT2D eigenvalue weighted by atomic mass is 35.5. The predicted molar refractivity (Wildman–Crippen MR) is 118 cm³/mol. The van der Waals surface area contributed by atoms with E-state index in [4.69, 9.17) is 44.3 Å². The third-order valence-electron chi connectivity index (χ3n) is 5.78. The van der Waals surface area contributed by atoms with Gasteiger partial charge in [-0.15, -0.1) is 0 Å². The van der Waals surface area contributed by atoms with Gasteiger partial charge in [-0.05, 0) is 53.6 Å². The van der Waals surface area contributed by atoms with Gasteiger partial charge in [-0.3, -0.25) is 4.79 Å². The Balaban J connectivity index is 1.74. The second kappa shape index (κ2) is 9.25. The number of carbonyl (C=O) groups excluding carboxylic acids is 1. The van der Waals surface area contributed by atoms with E-state index in [0.717, 1.165) is 6.07 Å². The van der Waals surface area contributed by atoms with Crippen LogP contribution in [0.15, 0.2) is 48.5 Å². The Bertz CT molecular complexity index is 1070. The van der Waals surface area contributed by atoms with Crippen molar-refractivity contribution in [3.05, 3.63) is 59.9 Å². The van der Waals surface area contributed by atoms with E-state index in [9.17, 15) is 23.2 Å². The topological polar surface area (TPSA) is 59.3 Å². The number of ether oxygens (including phenoxy) is 2. The number of carbonyl (C=O) groups is 1. The molecular weight excluding hydrogens is 502 g/mol. The van der Waals surface area contributed by atoms with E-state index in [-0.39, 0.29) is 11.3 Å². The zero-order chi connectivity index (χ0) is 24.6. The lowest BCUT2D eigenvalue weighted by atomic mass is 10.1. The van der Waals surface area contributed by atoms with E-state index in [0.29, 0.717) is 5.75 Å². The predicted octanol–water partition coefficient (Wildman–Crippen LogP) is 7.39. The van der Waals surface area contributed by atoms with E-state index >= 15 is 0 Å². The minimum Gasteiger partial charge on any atom is -0.454 e. The summed E-state index contributed by atoms with van der Waals surface area (Å²) in [5.41, 5.74) is -0.567. The Kier molecular flexibility index (Phi) is 7.14. The van der Waals surface area contributed by atoms with Crippen LogP contribution in [-0.4, -0.2) is 15.7 Å². The Morgan fingerprint density at radius 1 is 1.18 bits per heavy atom. The average Bonchev–Trinajstić information content (AvgIpc) is 3.26. The van der Waals surface area contributed by atoms with Crippen molar-refractivity contribution in [1.29, 1.82) is 5.26 Å². The molecule has 0 bridgehead atoms. The van der Waals surface area contributed by atoms with Crippen LogP contribution in [0.4, 0.5) is 13.2 Å². The van der Waals surface area contributed by atoms with E-state index in [2.05, 4.69) is 0 Å². The minimum absolute atomic E-state index is 0.155. The van der Waals surface area contributed by atoms with Gasteiger partial charge in [0, 0.05) is 5.56 Å². The fraction of sp³-hybridized carbons (Fsp3) is 0.391. The molecule has 0 aliphatic heterocycles. The van der Waals surface area contributed by atoms with Crippen LogP contribution in [0.1, 0.15) is 31.9 Å². The number of esters is 1. The van der Waals surface area contributed by atoms with Crippen LogP contribution in [0.25, 0.3) is 0 Å². The normalized spacial score (nSPS) is 20.5. The van der Waals surface area contributed by atoms with Crippen molar-refractivity contribution in [2.45, 2.75) is 36.1 Å². The summed E-state index contributed by atoms with van der Waals surface area (Å²) >= 11 is 16.4. The summed E-state index contributed by atoms with van der Waals surface area (Å²) in [6, 6.07) is 13.9. The molecule has 3 atom stereocenters. The van der Waals surface area contributed by atoms with Crippen LogP contribution >= 0.6 is 34.8 Å². The molecule has 33 heavy (non-hydrogen) atoms. The minimum atomic E-state index is -3.90. The molecule has 2 aromatic carbocycles. The molecule has 1 aliphatic rings. The van der Waals surface area contributed by atoms with E-state index in [1.54, 1.807) is 44.2 Å². The molecule has 1 saturated carbocycles. The van der Waals surface area contributed by atoms with Gasteiger partial charge >= 0.3 is 11.4 Å². The zero-order valence-electron chi connectivity index (χ0n) is 17.5. The van der Waals surface area contributed by atoms with Crippen molar-refractivity contribution in [3.8, 4) is 17.6 Å². The molecular formula is C23H19Cl3F3NO3. The number of rotatable bonds is 8. The molecule has 0 radical (unpaired) electrons. The molecule has 0 amide bonds. The maximum absolute atomic E-state index is 14.2. The molecule has 4 nitrogen and oxygen atoms in total. The van der Waals surface area contributed by atoms with Gasteiger partial charge in [0.1, 0.15) is 11.8 Å². The van der Waals surface area contributed by atoms with Crippen LogP contribution in [0.2, 0.25) is 0 Å². The van der Waals surface area contributed by atoms with Crippen molar-refractivity contribution in [2.75, 3.05) is 0 Å². The van der Waals surface area contributed by atoms with Crippen LogP contribution in [0.5, 0.6) is 11.5 Å².